The molecule has 118 valence electrons. The van der Waals surface area contributed by atoms with Crippen LogP contribution in [0.3, 0.4) is 0 Å². The van der Waals surface area contributed by atoms with Crippen molar-refractivity contribution >= 4 is 5.91 Å². The van der Waals surface area contributed by atoms with Gasteiger partial charge in [-0.05, 0) is 12.3 Å². The Bertz CT molecular complexity index is 425. The molecule has 1 aromatic rings. The normalized spacial score (nSPS) is 18.2. The van der Waals surface area contributed by atoms with Gasteiger partial charge >= 0.3 is 0 Å². The molecule has 2 N–H and O–H groups in total. The Morgan fingerprint density at radius 1 is 1.24 bits per heavy atom. The quantitative estimate of drug-likeness (QED) is 0.785. The lowest BCUT2D eigenvalue weighted by Gasteiger charge is -2.36. The molecular formula is C14H26N6O. The number of piperazine rings is 1. The highest BCUT2D eigenvalue weighted by molar-refractivity contribution is 5.81. The number of rotatable bonds is 6. The minimum Gasteiger partial charge on any atom is -0.339 e. The van der Waals surface area contributed by atoms with Crippen LogP contribution in [0.4, 0.5) is 0 Å². The van der Waals surface area contributed by atoms with Gasteiger partial charge in [-0.3, -0.25) is 14.4 Å². The fourth-order valence-electron chi connectivity index (χ4n) is 2.63. The number of aromatic nitrogens is 3. The maximum absolute atomic E-state index is 12.2. The molecule has 1 atom stereocenters. The second kappa shape index (κ2) is 7.51. The van der Waals surface area contributed by atoms with E-state index in [0.717, 1.165) is 45.7 Å². The van der Waals surface area contributed by atoms with Crippen LogP contribution in [0, 0.1) is 5.92 Å². The van der Waals surface area contributed by atoms with Crippen molar-refractivity contribution in [1.29, 1.82) is 0 Å². The number of nitrogens with zero attached hydrogens (tertiary/aromatic N) is 5. The zero-order chi connectivity index (χ0) is 15.2. The SMILES string of the molecule is CC(C)C[C@@H](N)C(=O)N1CCN(CCn2cncn2)CC1. The summed E-state index contributed by atoms with van der Waals surface area (Å²) in [4.78, 5) is 20.4. The Labute approximate surface area is 126 Å². The number of carbonyl (C=O) groups is 1. The molecule has 1 aromatic heterocycles. The van der Waals surface area contributed by atoms with Crippen molar-refractivity contribution in [2.75, 3.05) is 32.7 Å². The van der Waals surface area contributed by atoms with Gasteiger partial charge in [-0.15, -0.1) is 0 Å². The van der Waals surface area contributed by atoms with Gasteiger partial charge < -0.3 is 10.6 Å². The van der Waals surface area contributed by atoms with E-state index >= 15 is 0 Å². The third kappa shape index (κ3) is 4.78. The van der Waals surface area contributed by atoms with Crippen molar-refractivity contribution in [3.63, 3.8) is 0 Å². The summed E-state index contributed by atoms with van der Waals surface area (Å²) in [7, 11) is 0. The predicted octanol–water partition coefficient (Wildman–Crippen LogP) is -0.204. The van der Waals surface area contributed by atoms with E-state index in [0.29, 0.717) is 5.92 Å². The third-order valence-corrected chi connectivity index (χ3v) is 3.84. The zero-order valence-corrected chi connectivity index (χ0v) is 13.0. The van der Waals surface area contributed by atoms with E-state index in [4.69, 9.17) is 5.73 Å². The highest BCUT2D eigenvalue weighted by Gasteiger charge is 2.25. The molecule has 0 radical (unpaired) electrons. The van der Waals surface area contributed by atoms with E-state index in [1.54, 1.807) is 12.7 Å². The van der Waals surface area contributed by atoms with Crippen LogP contribution in [0.15, 0.2) is 12.7 Å². The van der Waals surface area contributed by atoms with Crippen LogP contribution in [-0.2, 0) is 11.3 Å². The van der Waals surface area contributed by atoms with Gasteiger partial charge in [0.1, 0.15) is 12.7 Å². The second-order valence-corrected chi connectivity index (χ2v) is 6.06. The van der Waals surface area contributed by atoms with Gasteiger partial charge in [0, 0.05) is 32.7 Å². The van der Waals surface area contributed by atoms with Crippen LogP contribution >= 0.6 is 0 Å². The molecular weight excluding hydrogens is 268 g/mol. The van der Waals surface area contributed by atoms with Gasteiger partial charge in [0.05, 0.1) is 12.6 Å². The average Bonchev–Trinajstić information content (AvgIpc) is 2.97. The second-order valence-electron chi connectivity index (χ2n) is 6.06. The lowest BCUT2D eigenvalue weighted by atomic mass is 10.0. The molecule has 0 aliphatic carbocycles. The van der Waals surface area contributed by atoms with Crippen molar-refractivity contribution in [2.45, 2.75) is 32.9 Å². The highest BCUT2D eigenvalue weighted by Crippen LogP contribution is 2.08. The van der Waals surface area contributed by atoms with Crippen LogP contribution in [-0.4, -0.2) is 69.2 Å². The molecule has 2 heterocycles. The van der Waals surface area contributed by atoms with E-state index in [1.807, 2.05) is 9.58 Å². The molecule has 0 spiro atoms. The third-order valence-electron chi connectivity index (χ3n) is 3.84. The summed E-state index contributed by atoms with van der Waals surface area (Å²) >= 11 is 0. The van der Waals surface area contributed by atoms with E-state index in [9.17, 15) is 4.79 Å². The Kier molecular flexibility index (Phi) is 5.69. The summed E-state index contributed by atoms with van der Waals surface area (Å²) in [6.07, 6.45) is 4.03. The first-order valence-corrected chi connectivity index (χ1v) is 7.65. The van der Waals surface area contributed by atoms with E-state index < -0.39 is 0 Å². The van der Waals surface area contributed by atoms with Gasteiger partial charge in [-0.2, -0.15) is 5.10 Å². The Balaban J connectivity index is 1.71. The topological polar surface area (TPSA) is 80.3 Å². The summed E-state index contributed by atoms with van der Waals surface area (Å²) in [5.41, 5.74) is 5.98. The maximum atomic E-state index is 12.2. The lowest BCUT2D eigenvalue weighted by Crippen LogP contribution is -2.53. The molecule has 21 heavy (non-hydrogen) atoms. The number of hydrogen-bond donors (Lipinski definition) is 1. The summed E-state index contributed by atoms with van der Waals surface area (Å²) in [6.45, 7) is 9.28. The van der Waals surface area contributed by atoms with Gasteiger partial charge in [0.15, 0.2) is 0 Å². The van der Waals surface area contributed by atoms with Gasteiger partial charge in [0.2, 0.25) is 5.91 Å². The van der Waals surface area contributed by atoms with Gasteiger partial charge in [-0.25, -0.2) is 4.98 Å². The molecule has 1 amide bonds. The summed E-state index contributed by atoms with van der Waals surface area (Å²) < 4.78 is 1.83. The molecule has 1 fully saturated rings. The summed E-state index contributed by atoms with van der Waals surface area (Å²) in [5, 5.41) is 4.09. The standard InChI is InChI=1S/C14H26N6O/c1-12(2)9-13(15)14(21)19-6-3-18(4-7-19)5-8-20-11-16-10-17-20/h10-13H,3-9,15H2,1-2H3/t13-/m1/s1. The fourth-order valence-corrected chi connectivity index (χ4v) is 2.63. The minimum atomic E-state index is -0.355. The smallest absolute Gasteiger partial charge is 0.239 e. The zero-order valence-electron chi connectivity index (χ0n) is 13.0. The van der Waals surface area contributed by atoms with Crippen molar-refractivity contribution < 1.29 is 4.79 Å². The molecule has 1 aliphatic rings. The Morgan fingerprint density at radius 3 is 2.52 bits per heavy atom. The van der Waals surface area contributed by atoms with Crippen LogP contribution < -0.4 is 5.73 Å². The Hall–Kier alpha value is -1.47. The first-order chi connectivity index (χ1) is 10.1. The fraction of sp³-hybridized carbons (Fsp3) is 0.786. The molecule has 0 unspecified atom stereocenters. The first kappa shape index (κ1) is 15.9. The first-order valence-electron chi connectivity index (χ1n) is 7.65. The van der Waals surface area contributed by atoms with Crippen LogP contribution in [0.25, 0.3) is 0 Å². The molecule has 2 rings (SSSR count). The van der Waals surface area contributed by atoms with Crippen LogP contribution in [0.1, 0.15) is 20.3 Å². The number of nitrogens with two attached hydrogens (primary N) is 1. The number of hydrogen-bond acceptors (Lipinski definition) is 5. The molecule has 7 heteroatoms. The maximum Gasteiger partial charge on any atom is 0.239 e. The van der Waals surface area contributed by atoms with E-state index in [2.05, 4.69) is 28.8 Å². The molecule has 0 bridgehead atoms. The Morgan fingerprint density at radius 2 is 1.95 bits per heavy atom. The highest BCUT2D eigenvalue weighted by atomic mass is 16.2. The molecule has 0 aromatic carbocycles. The lowest BCUT2D eigenvalue weighted by molar-refractivity contribution is -0.134. The molecule has 7 nitrogen and oxygen atoms in total. The van der Waals surface area contributed by atoms with Crippen molar-refractivity contribution in [3.05, 3.63) is 12.7 Å². The van der Waals surface area contributed by atoms with Crippen molar-refractivity contribution in [1.82, 2.24) is 24.6 Å². The van der Waals surface area contributed by atoms with Crippen LogP contribution in [0.5, 0.6) is 0 Å². The molecule has 1 aliphatic heterocycles. The molecule has 0 saturated carbocycles. The number of amides is 1. The predicted molar refractivity (Wildman–Crippen MR) is 80.5 cm³/mol. The van der Waals surface area contributed by atoms with Crippen molar-refractivity contribution in [2.24, 2.45) is 11.7 Å². The minimum absolute atomic E-state index is 0.0969. The number of carbonyl (C=O) groups excluding carboxylic acids is 1. The molecule has 1 saturated heterocycles. The van der Waals surface area contributed by atoms with Crippen LogP contribution in [0.2, 0.25) is 0 Å². The van der Waals surface area contributed by atoms with Gasteiger partial charge in [0.25, 0.3) is 0 Å². The monoisotopic (exact) mass is 294 g/mol. The van der Waals surface area contributed by atoms with E-state index in [-0.39, 0.29) is 11.9 Å². The van der Waals surface area contributed by atoms with E-state index in [1.165, 1.54) is 0 Å². The largest absolute Gasteiger partial charge is 0.339 e. The van der Waals surface area contributed by atoms with Crippen molar-refractivity contribution in [3.8, 4) is 0 Å². The average molecular weight is 294 g/mol. The van der Waals surface area contributed by atoms with Gasteiger partial charge in [-0.1, -0.05) is 13.8 Å². The summed E-state index contributed by atoms with van der Waals surface area (Å²) in [5.74, 6) is 0.549. The summed E-state index contributed by atoms with van der Waals surface area (Å²) in [6, 6.07) is -0.355.